The topological polar surface area (TPSA) is 56.6 Å². The van der Waals surface area contributed by atoms with Crippen LogP contribution in [0.4, 0.5) is 4.79 Å². The molecular weight excluding hydrogens is 390 g/mol. The number of carbonyl (C=O) groups is 1. The quantitative estimate of drug-likeness (QED) is 0.580. The fraction of sp³-hybridized carbons (Fsp3) is 0.440. The Bertz CT molecular complexity index is 1070. The first-order valence-corrected chi connectivity index (χ1v) is 10.9. The van der Waals surface area contributed by atoms with Crippen molar-refractivity contribution in [1.29, 1.82) is 0 Å². The molecule has 1 amide bonds. The summed E-state index contributed by atoms with van der Waals surface area (Å²) in [6, 6.07) is 17.1. The zero-order valence-electron chi connectivity index (χ0n) is 18.8. The molecule has 31 heavy (non-hydrogen) atoms. The highest BCUT2D eigenvalue weighted by Crippen LogP contribution is 2.26. The molecule has 2 heterocycles. The van der Waals surface area contributed by atoms with Crippen LogP contribution in [0.5, 0.6) is 6.01 Å². The van der Waals surface area contributed by atoms with Crippen LogP contribution in [-0.2, 0) is 11.3 Å². The average molecular weight is 422 g/mol. The first kappa shape index (κ1) is 21.2. The lowest BCUT2D eigenvalue weighted by molar-refractivity contribution is 0.0284. The predicted octanol–water partition coefficient (Wildman–Crippen LogP) is 5.03. The summed E-state index contributed by atoms with van der Waals surface area (Å²) in [5, 5.41) is 0. The first-order valence-electron chi connectivity index (χ1n) is 10.9. The lowest BCUT2D eigenvalue weighted by atomic mass is 10.1. The molecule has 1 aliphatic rings. The number of carbonyl (C=O) groups excluding carboxylic acids is 1. The number of fused-ring (bicyclic) bond motifs is 1. The lowest BCUT2D eigenvalue weighted by Crippen LogP contribution is -2.35. The van der Waals surface area contributed by atoms with E-state index in [-0.39, 0.29) is 12.0 Å². The maximum absolute atomic E-state index is 12.3. The third-order valence-electron chi connectivity index (χ3n) is 5.59. The van der Waals surface area contributed by atoms with Crippen molar-refractivity contribution in [2.75, 3.05) is 19.7 Å². The van der Waals surface area contributed by atoms with Gasteiger partial charge in [-0.15, -0.1) is 0 Å². The summed E-state index contributed by atoms with van der Waals surface area (Å²) in [7, 11) is 0. The first-order chi connectivity index (χ1) is 14.8. The highest BCUT2D eigenvalue weighted by Gasteiger charge is 2.30. The number of aromatic nitrogens is 2. The van der Waals surface area contributed by atoms with Gasteiger partial charge < -0.3 is 14.4 Å². The van der Waals surface area contributed by atoms with E-state index in [4.69, 9.17) is 14.5 Å². The average Bonchev–Trinajstić information content (AvgIpc) is 3.32. The summed E-state index contributed by atoms with van der Waals surface area (Å²) in [5.74, 6) is 0.263. The molecule has 4 rings (SSSR count). The van der Waals surface area contributed by atoms with Gasteiger partial charge in [-0.2, -0.15) is 4.98 Å². The van der Waals surface area contributed by atoms with Gasteiger partial charge in [-0.3, -0.25) is 4.57 Å². The molecule has 1 aliphatic heterocycles. The number of imidazole rings is 1. The van der Waals surface area contributed by atoms with E-state index < -0.39 is 5.60 Å². The van der Waals surface area contributed by atoms with Gasteiger partial charge in [0.15, 0.2) is 0 Å². The minimum absolute atomic E-state index is 0.248. The van der Waals surface area contributed by atoms with Crippen molar-refractivity contribution in [1.82, 2.24) is 14.5 Å². The van der Waals surface area contributed by atoms with Crippen molar-refractivity contribution in [3.05, 3.63) is 59.7 Å². The molecule has 0 saturated carbocycles. The number of likely N-dealkylation sites (tertiary alicyclic amines) is 1. The zero-order chi connectivity index (χ0) is 22.0. The van der Waals surface area contributed by atoms with Crippen molar-refractivity contribution in [2.45, 2.75) is 46.3 Å². The minimum Gasteiger partial charge on any atom is -0.464 e. The number of rotatable bonds is 5. The second-order valence-electron chi connectivity index (χ2n) is 9.29. The van der Waals surface area contributed by atoms with E-state index in [1.54, 1.807) is 4.90 Å². The van der Waals surface area contributed by atoms with Gasteiger partial charge in [0.05, 0.1) is 24.2 Å². The smallest absolute Gasteiger partial charge is 0.410 e. The van der Waals surface area contributed by atoms with E-state index in [0.29, 0.717) is 32.3 Å². The number of para-hydroxylation sites is 2. The lowest BCUT2D eigenvalue weighted by Gasteiger charge is -2.24. The van der Waals surface area contributed by atoms with Gasteiger partial charge in [-0.25, -0.2) is 4.79 Å². The molecular formula is C25H31N3O3. The summed E-state index contributed by atoms with van der Waals surface area (Å²) in [5.41, 5.74) is 3.99. The number of hydrogen-bond acceptors (Lipinski definition) is 4. The van der Waals surface area contributed by atoms with E-state index in [0.717, 1.165) is 17.5 Å². The van der Waals surface area contributed by atoms with Gasteiger partial charge in [-0.05, 0) is 57.4 Å². The molecule has 0 N–H and O–H groups in total. The second kappa shape index (κ2) is 8.61. The molecule has 6 nitrogen and oxygen atoms in total. The Kier molecular flexibility index (Phi) is 5.90. The molecule has 1 aromatic heterocycles. The number of hydrogen-bond donors (Lipinski definition) is 0. The molecule has 0 radical (unpaired) electrons. The van der Waals surface area contributed by atoms with Gasteiger partial charge >= 0.3 is 6.09 Å². The summed E-state index contributed by atoms with van der Waals surface area (Å²) >= 11 is 0. The summed E-state index contributed by atoms with van der Waals surface area (Å²) in [4.78, 5) is 18.8. The van der Waals surface area contributed by atoms with Gasteiger partial charge in [-0.1, -0.05) is 36.4 Å². The number of aryl methyl sites for hydroxylation is 1. The molecule has 164 valence electrons. The van der Waals surface area contributed by atoms with Crippen molar-refractivity contribution in [2.24, 2.45) is 5.92 Å². The predicted molar refractivity (Wildman–Crippen MR) is 121 cm³/mol. The Morgan fingerprint density at radius 1 is 1.13 bits per heavy atom. The monoisotopic (exact) mass is 421 g/mol. The van der Waals surface area contributed by atoms with Crippen molar-refractivity contribution in [3.8, 4) is 6.01 Å². The van der Waals surface area contributed by atoms with Crippen LogP contribution in [-0.4, -0.2) is 45.8 Å². The number of benzene rings is 2. The van der Waals surface area contributed by atoms with Gasteiger partial charge in [0.25, 0.3) is 6.01 Å². The molecule has 0 aliphatic carbocycles. The number of ether oxygens (including phenoxy) is 2. The second-order valence-corrected chi connectivity index (χ2v) is 9.29. The third kappa shape index (κ3) is 5.01. The molecule has 1 atom stereocenters. The Labute approximate surface area is 183 Å². The van der Waals surface area contributed by atoms with Crippen LogP contribution in [0.2, 0.25) is 0 Å². The normalized spacial score (nSPS) is 16.6. The van der Waals surface area contributed by atoms with Crippen molar-refractivity contribution < 1.29 is 14.3 Å². The Morgan fingerprint density at radius 2 is 1.87 bits per heavy atom. The van der Waals surface area contributed by atoms with E-state index in [2.05, 4.69) is 41.8 Å². The minimum atomic E-state index is -0.480. The molecule has 6 heteroatoms. The largest absolute Gasteiger partial charge is 0.464 e. The summed E-state index contributed by atoms with van der Waals surface area (Å²) < 4.78 is 13.9. The number of nitrogens with zero attached hydrogens (tertiary/aromatic N) is 3. The SMILES string of the molecule is Cc1ccccc1Cn1c(OCC2CCN(C(=O)OC(C)(C)C)C2)nc2ccccc21. The highest BCUT2D eigenvalue weighted by atomic mass is 16.6. The van der Waals surface area contributed by atoms with Crippen molar-refractivity contribution in [3.63, 3.8) is 0 Å². The Hall–Kier alpha value is -3.02. The maximum Gasteiger partial charge on any atom is 0.410 e. The fourth-order valence-electron chi connectivity index (χ4n) is 3.93. The van der Waals surface area contributed by atoms with E-state index in [1.165, 1.54) is 11.1 Å². The van der Waals surface area contributed by atoms with Crippen LogP contribution in [0.15, 0.2) is 48.5 Å². The van der Waals surface area contributed by atoms with Crippen LogP contribution < -0.4 is 4.74 Å². The van der Waals surface area contributed by atoms with E-state index in [9.17, 15) is 4.79 Å². The molecule has 1 fully saturated rings. The summed E-state index contributed by atoms with van der Waals surface area (Å²) in [6.45, 7) is 10.4. The van der Waals surface area contributed by atoms with E-state index in [1.807, 2.05) is 39.0 Å². The molecule has 0 spiro atoms. The van der Waals surface area contributed by atoms with Crippen LogP contribution in [0.3, 0.4) is 0 Å². The van der Waals surface area contributed by atoms with Crippen LogP contribution in [0.1, 0.15) is 38.3 Å². The van der Waals surface area contributed by atoms with E-state index >= 15 is 0 Å². The van der Waals surface area contributed by atoms with Crippen molar-refractivity contribution >= 4 is 17.1 Å². The maximum atomic E-state index is 12.3. The van der Waals surface area contributed by atoms with Crippen LogP contribution >= 0.6 is 0 Å². The molecule has 3 aromatic rings. The fourth-order valence-corrected chi connectivity index (χ4v) is 3.93. The molecule has 0 bridgehead atoms. The molecule has 1 saturated heterocycles. The van der Waals surface area contributed by atoms with Gasteiger partial charge in [0, 0.05) is 19.0 Å². The van der Waals surface area contributed by atoms with Crippen LogP contribution in [0, 0.1) is 12.8 Å². The number of amides is 1. The van der Waals surface area contributed by atoms with Gasteiger partial charge in [0.1, 0.15) is 5.60 Å². The Balaban J connectivity index is 1.47. The van der Waals surface area contributed by atoms with Gasteiger partial charge in [0.2, 0.25) is 0 Å². The zero-order valence-corrected chi connectivity index (χ0v) is 18.8. The third-order valence-corrected chi connectivity index (χ3v) is 5.59. The Morgan fingerprint density at radius 3 is 2.65 bits per heavy atom. The standard InChI is InChI=1S/C25H31N3O3/c1-18-9-5-6-10-20(18)16-28-22-12-8-7-11-21(22)26-23(28)30-17-19-13-14-27(15-19)24(29)31-25(2,3)4/h5-12,19H,13-17H2,1-4H3. The summed E-state index contributed by atoms with van der Waals surface area (Å²) in [6.07, 6.45) is 0.652. The molecule has 1 unspecified atom stereocenters. The highest BCUT2D eigenvalue weighted by molar-refractivity contribution is 5.76. The van der Waals surface area contributed by atoms with Crippen LogP contribution in [0.25, 0.3) is 11.0 Å². The molecule has 2 aromatic carbocycles.